The Morgan fingerprint density at radius 2 is 1.80 bits per heavy atom. The lowest BCUT2D eigenvalue weighted by Gasteiger charge is -2.11. The number of carbonyl (C=O) groups excluding carboxylic acids is 1. The molecule has 0 aliphatic carbocycles. The molecule has 0 aliphatic rings. The fraction of sp³-hybridized carbons (Fsp3) is 0. The Labute approximate surface area is 139 Å². The maximum absolute atomic E-state index is 12.4. The predicted molar refractivity (Wildman–Crippen MR) is 84.3 cm³/mol. The summed E-state index contributed by atoms with van der Waals surface area (Å²) in [5.41, 5.74) is -0.162. The third kappa shape index (κ3) is 3.08. The van der Waals surface area contributed by atoms with E-state index < -0.39 is 28.9 Å². The zero-order chi connectivity index (χ0) is 18.0. The molecule has 0 saturated heterocycles. The maximum atomic E-state index is 12.4. The van der Waals surface area contributed by atoms with Crippen molar-refractivity contribution in [3.63, 3.8) is 0 Å². The van der Waals surface area contributed by atoms with Crippen LogP contribution in [0.4, 0.5) is 5.69 Å². The van der Waals surface area contributed by atoms with Gasteiger partial charge in [0.1, 0.15) is 17.1 Å². The minimum Gasteiger partial charge on any atom is -0.508 e. The summed E-state index contributed by atoms with van der Waals surface area (Å²) in [6.45, 7) is 0. The van der Waals surface area contributed by atoms with Gasteiger partial charge in [0, 0.05) is 5.56 Å². The average Bonchev–Trinajstić information content (AvgIpc) is 3.11. The largest absolute Gasteiger partial charge is 0.508 e. The highest BCUT2D eigenvalue weighted by atomic mass is 16.4. The average molecular weight is 341 g/mol. The number of aromatic carboxylic acids is 1. The molecule has 25 heavy (non-hydrogen) atoms. The van der Waals surface area contributed by atoms with Gasteiger partial charge in [0.25, 0.3) is 5.91 Å². The van der Waals surface area contributed by atoms with E-state index in [1.165, 1.54) is 0 Å². The minimum atomic E-state index is -1.48. The number of aromatic nitrogens is 4. The number of phenols is 2. The molecule has 1 heterocycles. The van der Waals surface area contributed by atoms with E-state index in [-0.39, 0.29) is 5.56 Å². The predicted octanol–water partition coefficient (Wildman–Crippen LogP) is 1.23. The number of hydrogen-bond acceptors (Lipinski definition) is 7. The van der Waals surface area contributed by atoms with Crippen LogP contribution >= 0.6 is 0 Å². The summed E-state index contributed by atoms with van der Waals surface area (Å²) in [6, 6.07) is 8.42. The van der Waals surface area contributed by atoms with Crippen LogP contribution < -0.4 is 5.32 Å². The third-order valence-corrected chi connectivity index (χ3v) is 3.35. The number of rotatable bonds is 4. The highest BCUT2D eigenvalue weighted by Gasteiger charge is 2.21. The van der Waals surface area contributed by atoms with E-state index in [1.807, 2.05) is 0 Å². The number of anilines is 1. The van der Waals surface area contributed by atoms with Crippen molar-refractivity contribution in [3.05, 3.63) is 47.5 Å². The molecular formula is C15H11N5O5. The zero-order valence-electron chi connectivity index (χ0n) is 12.5. The molecule has 10 heteroatoms. The van der Waals surface area contributed by atoms with Crippen LogP contribution in [0.15, 0.2) is 36.4 Å². The summed E-state index contributed by atoms with van der Waals surface area (Å²) in [5.74, 6) is -3.19. The third-order valence-electron chi connectivity index (χ3n) is 3.35. The number of hydrogen-bond donors (Lipinski definition) is 5. The van der Waals surface area contributed by atoms with Crippen molar-refractivity contribution < 1.29 is 24.9 Å². The Bertz CT molecular complexity index is 955. The Morgan fingerprint density at radius 3 is 2.48 bits per heavy atom. The molecule has 0 fully saturated rings. The van der Waals surface area contributed by atoms with Gasteiger partial charge in [-0.25, -0.2) is 9.89 Å². The number of amides is 1. The minimum absolute atomic E-state index is 0.308. The number of H-pyrrole nitrogens is 1. The first-order valence-electron chi connectivity index (χ1n) is 6.91. The molecule has 0 saturated carbocycles. The first kappa shape index (κ1) is 15.9. The number of carboxylic acids is 1. The first-order chi connectivity index (χ1) is 12.0. The van der Waals surface area contributed by atoms with Gasteiger partial charge in [-0.1, -0.05) is 12.1 Å². The number of phenolic OH excluding ortho intramolecular Hbond substituents is 1. The highest BCUT2D eigenvalue weighted by Crippen LogP contribution is 2.30. The summed E-state index contributed by atoms with van der Waals surface area (Å²) in [5, 5.41) is 44.4. The van der Waals surface area contributed by atoms with Gasteiger partial charge in [0.05, 0.1) is 11.3 Å². The second-order valence-electron chi connectivity index (χ2n) is 4.94. The fourth-order valence-electron chi connectivity index (χ4n) is 2.22. The number of benzene rings is 2. The Morgan fingerprint density at radius 1 is 1.08 bits per heavy atom. The lowest BCUT2D eigenvalue weighted by atomic mass is 10.1. The smallest absolute Gasteiger partial charge is 0.339 e. The van der Waals surface area contributed by atoms with Crippen LogP contribution in [-0.2, 0) is 0 Å². The topological polar surface area (TPSA) is 161 Å². The quantitative estimate of drug-likeness (QED) is 0.443. The summed E-state index contributed by atoms with van der Waals surface area (Å²) >= 11 is 0. The summed E-state index contributed by atoms with van der Waals surface area (Å²) < 4.78 is 0. The van der Waals surface area contributed by atoms with Crippen LogP contribution in [-0.4, -0.2) is 47.8 Å². The second-order valence-corrected chi connectivity index (χ2v) is 4.94. The molecule has 2 aromatic carbocycles. The summed E-state index contributed by atoms with van der Waals surface area (Å²) in [6.07, 6.45) is 0. The number of aromatic amines is 1. The molecule has 3 rings (SSSR count). The summed E-state index contributed by atoms with van der Waals surface area (Å²) in [4.78, 5) is 23.5. The van der Waals surface area contributed by atoms with Gasteiger partial charge in [0.15, 0.2) is 5.82 Å². The molecule has 0 aliphatic heterocycles. The number of para-hydroxylation sites is 1. The molecule has 126 valence electrons. The van der Waals surface area contributed by atoms with E-state index in [2.05, 4.69) is 25.9 Å². The summed E-state index contributed by atoms with van der Waals surface area (Å²) in [7, 11) is 0. The molecule has 0 unspecified atom stereocenters. The second kappa shape index (κ2) is 6.28. The molecule has 1 amide bonds. The molecule has 0 atom stereocenters. The zero-order valence-corrected chi connectivity index (χ0v) is 12.5. The van der Waals surface area contributed by atoms with Gasteiger partial charge in [-0.3, -0.25) is 4.79 Å². The van der Waals surface area contributed by atoms with Crippen molar-refractivity contribution in [2.75, 3.05) is 5.32 Å². The van der Waals surface area contributed by atoms with E-state index in [9.17, 15) is 19.8 Å². The van der Waals surface area contributed by atoms with E-state index in [0.29, 0.717) is 17.1 Å². The van der Waals surface area contributed by atoms with Crippen LogP contribution in [0.1, 0.15) is 20.7 Å². The molecule has 3 aromatic rings. The number of aromatic hydroxyl groups is 2. The highest BCUT2D eigenvalue weighted by molar-refractivity contribution is 6.10. The van der Waals surface area contributed by atoms with Gasteiger partial charge in [-0.05, 0) is 34.7 Å². The van der Waals surface area contributed by atoms with E-state index >= 15 is 0 Å². The Hall–Kier alpha value is -3.95. The molecule has 0 bridgehead atoms. The fourth-order valence-corrected chi connectivity index (χ4v) is 2.22. The molecule has 0 radical (unpaired) electrons. The van der Waals surface area contributed by atoms with Crippen molar-refractivity contribution in [1.29, 1.82) is 0 Å². The number of nitrogens with one attached hydrogen (secondary N) is 2. The van der Waals surface area contributed by atoms with E-state index in [0.717, 1.165) is 12.1 Å². The molecule has 5 N–H and O–H groups in total. The van der Waals surface area contributed by atoms with Crippen LogP contribution in [0.3, 0.4) is 0 Å². The normalized spacial score (nSPS) is 10.4. The van der Waals surface area contributed by atoms with Gasteiger partial charge >= 0.3 is 5.97 Å². The van der Waals surface area contributed by atoms with E-state index in [1.54, 1.807) is 24.3 Å². The molecule has 0 spiro atoms. The molecule has 10 nitrogen and oxygen atoms in total. The number of tetrazole rings is 1. The first-order valence-corrected chi connectivity index (χ1v) is 6.91. The number of carbonyl (C=O) groups is 2. The molecule has 1 aromatic heterocycles. The standard InChI is InChI=1S/C15H11N5O5/c21-7-5-9(12(22)10(6-7)15(24)25)14(23)16-11-4-2-1-3-8(11)13-17-19-20-18-13/h1-6,21-22H,(H,16,23)(H,24,25)(H,17,18,19,20). The molecular weight excluding hydrogens is 330 g/mol. The Kier molecular flexibility index (Phi) is 4.00. The lowest BCUT2D eigenvalue weighted by Crippen LogP contribution is -2.14. The SMILES string of the molecule is O=C(O)c1cc(O)cc(C(=O)Nc2ccccc2-c2nnn[nH]2)c1O. The van der Waals surface area contributed by atoms with Crippen LogP contribution in [0.25, 0.3) is 11.4 Å². The van der Waals surface area contributed by atoms with Crippen LogP contribution in [0, 0.1) is 0 Å². The van der Waals surface area contributed by atoms with E-state index in [4.69, 9.17) is 5.11 Å². The monoisotopic (exact) mass is 341 g/mol. The van der Waals surface area contributed by atoms with Crippen molar-refractivity contribution in [1.82, 2.24) is 20.6 Å². The maximum Gasteiger partial charge on any atom is 0.339 e. The Balaban J connectivity index is 1.99. The van der Waals surface area contributed by atoms with Crippen molar-refractivity contribution in [2.24, 2.45) is 0 Å². The van der Waals surface area contributed by atoms with Gasteiger partial charge in [-0.15, -0.1) is 5.10 Å². The van der Waals surface area contributed by atoms with Gasteiger partial charge < -0.3 is 20.6 Å². The van der Waals surface area contributed by atoms with Crippen molar-refractivity contribution >= 4 is 17.6 Å². The van der Waals surface area contributed by atoms with Crippen LogP contribution in [0.5, 0.6) is 11.5 Å². The van der Waals surface area contributed by atoms with Gasteiger partial charge in [0.2, 0.25) is 0 Å². The lowest BCUT2D eigenvalue weighted by molar-refractivity contribution is 0.0693. The van der Waals surface area contributed by atoms with Gasteiger partial charge in [-0.2, -0.15) is 0 Å². The number of carboxylic acid groups (broad SMARTS) is 1. The number of nitrogens with zero attached hydrogens (tertiary/aromatic N) is 3. The van der Waals surface area contributed by atoms with Crippen LogP contribution in [0.2, 0.25) is 0 Å². The van der Waals surface area contributed by atoms with Crippen molar-refractivity contribution in [3.8, 4) is 22.9 Å². The van der Waals surface area contributed by atoms with Crippen molar-refractivity contribution in [2.45, 2.75) is 0 Å².